The number of carbonyl (C=O) groups excluding carboxylic acids is 3. The van der Waals surface area contributed by atoms with E-state index in [1.165, 1.54) is 12.2 Å². The molecule has 1 aliphatic heterocycles. The number of nitrogens with zero attached hydrogens (tertiary/aromatic N) is 1. The highest BCUT2D eigenvalue weighted by atomic mass is 19.4. The van der Waals surface area contributed by atoms with Crippen molar-refractivity contribution in [2.75, 3.05) is 6.54 Å². The second-order valence-electron chi connectivity index (χ2n) is 5.15. The molecule has 2 aliphatic rings. The predicted octanol–water partition coefficient (Wildman–Crippen LogP) is 0.385. The van der Waals surface area contributed by atoms with Crippen LogP contribution in [0.5, 0.6) is 0 Å². The number of Topliss-reactive ketones (excluding diaryl/α,β-unsaturated/α-hetero) is 1. The number of aliphatic carboxylic acids is 1. The van der Waals surface area contributed by atoms with E-state index in [0.29, 0.717) is 19.4 Å². The number of rotatable bonds is 5. The molecule has 0 atom stereocenters. The number of hydrogen-bond acceptors (Lipinski definition) is 5. The van der Waals surface area contributed by atoms with Crippen LogP contribution in [0.4, 0.5) is 13.2 Å². The quantitative estimate of drug-likeness (QED) is 0.701. The van der Waals surface area contributed by atoms with E-state index in [-0.39, 0.29) is 17.6 Å². The number of ketones is 1. The van der Waals surface area contributed by atoms with E-state index in [1.54, 1.807) is 0 Å². The number of carboxylic acids is 1. The third-order valence-electron chi connectivity index (χ3n) is 3.27. The Morgan fingerprint density at radius 3 is 2.00 bits per heavy atom. The van der Waals surface area contributed by atoms with Crippen LogP contribution in [-0.4, -0.2) is 51.8 Å². The molecular weight excluding hydrogens is 321 g/mol. The minimum atomic E-state index is -5.08. The SMILES string of the molecule is NC1(C(=O)CCCN2C(=O)C=CC2=O)CC1.O=C(O)C(F)(F)F. The molecule has 128 valence electrons. The molecule has 1 heterocycles. The Hall–Kier alpha value is -2.23. The van der Waals surface area contributed by atoms with Gasteiger partial charge >= 0.3 is 12.1 Å². The fourth-order valence-electron chi connectivity index (χ4n) is 1.71. The Balaban J connectivity index is 0.000000322. The molecule has 0 spiro atoms. The lowest BCUT2D eigenvalue weighted by atomic mass is 10.1. The maximum atomic E-state index is 11.5. The summed E-state index contributed by atoms with van der Waals surface area (Å²) in [6.45, 7) is 0.298. The van der Waals surface area contributed by atoms with E-state index >= 15 is 0 Å². The van der Waals surface area contributed by atoms with Crippen molar-refractivity contribution in [3.8, 4) is 0 Å². The zero-order chi connectivity index (χ0) is 17.8. The Morgan fingerprint density at radius 1 is 1.22 bits per heavy atom. The molecule has 0 bridgehead atoms. The number of alkyl halides is 3. The van der Waals surface area contributed by atoms with E-state index < -0.39 is 17.7 Å². The van der Waals surface area contributed by atoms with Crippen LogP contribution in [0.2, 0.25) is 0 Å². The molecule has 10 heteroatoms. The monoisotopic (exact) mass is 336 g/mol. The molecule has 23 heavy (non-hydrogen) atoms. The molecule has 1 fully saturated rings. The molecule has 7 nitrogen and oxygen atoms in total. The van der Waals surface area contributed by atoms with Gasteiger partial charge in [0.05, 0.1) is 5.54 Å². The van der Waals surface area contributed by atoms with Gasteiger partial charge in [0.1, 0.15) is 0 Å². The summed E-state index contributed by atoms with van der Waals surface area (Å²) in [5, 5.41) is 7.12. The zero-order valence-corrected chi connectivity index (χ0v) is 11.9. The van der Waals surface area contributed by atoms with Crippen LogP contribution in [0.3, 0.4) is 0 Å². The average molecular weight is 336 g/mol. The van der Waals surface area contributed by atoms with Gasteiger partial charge in [-0.05, 0) is 19.3 Å². The van der Waals surface area contributed by atoms with Crippen LogP contribution in [0, 0.1) is 0 Å². The molecule has 0 aromatic carbocycles. The first kappa shape index (κ1) is 18.8. The summed E-state index contributed by atoms with van der Waals surface area (Å²) in [6, 6.07) is 0. The molecule has 3 N–H and O–H groups in total. The van der Waals surface area contributed by atoms with Crippen LogP contribution in [-0.2, 0) is 19.2 Å². The summed E-state index contributed by atoms with van der Waals surface area (Å²) in [7, 11) is 0. The van der Waals surface area contributed by atoms with Gasteiger partial charge in [0.25, 0.3) is 11.8 Å². The molecule has 0 radical (unpaired) electrons. The maximum absolute atomic E-state index is 11.5. The molecule has 1 saturated carbocycles. The number of nitrogens with two attached hydrogens (primary N) is 1. The van der Waals surface area contributed by atoms with Crippen molar-refractivity contribution >= 4 is 23.6 Å². The summed E-state index contributed by atoms with van der Waals surface area (Å²) < 4.78 is 31.7. The molecule has 0 aromatic rings. The standard InChI is InChI=1S/C11H14N2O3.C2HF3O2/c12-11(5-6-11)8(14)2-1-7-13-9(15)3-4-10(13)16;3-2(4,5)1(6)7/h3-4H,1-2,5-7,12H2;(H,6,7). The first-order valence-electron chi connectivity index (χ1n) is 6.63. The van der Waals surface area contributed by atoms with Crippen molar-refractivity contribution < 1.29 is 37.5 Å². The Kier molecular flexibility index (Phi) is 5.65. The lowest BCUT2D eigenvalue weighted by Gasteiger charge is -2.13. The lowest BCUT2D eigenvalue weighted by Crippen LogP contribution is -2.35. The van der Waals surface area contributed by atoms with E-state index in [4.69, 9.17) is 15.6 Å². The maximum Gasteiger partial charge on any atom is 0.490 e. The van der Waals surface area contributed by atoms with E-state index in [2.05, 4.69) is 0 Å². The van der Waals surface area contributed by atoms with Crippen LogP contribution in [0.15, 0.2) is 12.2 Å². The van der Waals surface area contributed by atoms with Crippen molar-refractivity contribution in [2.24, 2.45) is 5.73 Å². The van der Waals surface area contributed by atoms with Gasteiger partial charge in [0.2, 0.25) is 0 Å². The third kappa shape index (κ3) is 5.47. The van der Waals surface area contributed by atoms with E-state index in [1.807, 2.05) is 0 Å². The minimum Gasteiger partial charge on any atom is -0.475 e. The van der Waals surface area contributed by atoms with Crippen molar-refractivity contribution in [3.05, 3.63) is 12.2 Å². The molecule has 2 amide bonds. The van der Waals surface area contributed by atoms with E-state index in [9.17, 15) is 27.6 Å². The van der Waals surface area contributed by atoms with Crippen molar-refractivity contribution in [1.82, 2.24) is 4.90 Å². The summed E-state index contributed by atoms with van der Waals surface area (Å²) in [6.07, 6.45) is -0.237. The Morgan fingerprint density at radius 2 is 1.65 bits per heavy atom. The number of halogens is 3. The van der Waals surface area contributed by atoms with Crippen molar-refractivity contribution in [1.29, 1.82) is 0 Å². The van der Waals surface area contributed by atoms with E-state index in [0.717, 1.165) is 17.7 Å². The van der Waals surface area contributed by atoms with Crippen LogP contribution in [0.1, 0.15) is 25.7 Å². The lowest BCUT2D eigenvalue weighted by molar-refractivity contribution is -0.192. The van der Waals surface area contributed by atoms with Crippen LogP contribution in [0.25, 0.3) is 0 Å². The molecule has 0 unspecified atom stereocenters. The highest BCUT2D eigenvalue weighted by Crippen LogP contribution is 2.34. The van der Waals surface area contributed by atoms with Gasteiger partial charge in [-0.1, -0.05) is 0 Å². The highest BCUT2D eigenvalue weighted by molar-refractivity contribution is 6.12. The Labute approximate surface area is 128 Å². The van der Waals surface area contributed by atoms with Crippen molar-refractivity contribution in [3.63, 3.8) is 0 Å². The first-order chi connectivity index (χ1) is 10.5. The predicted molar refractivity (Wildman–Crippen MR) is 69.9 cm³/mol. The van der Waals surface area contributed by atoms with Gasteiger partial charge in [-0.2, -0.15) is 13.2 Å². The number of imide groups is 1. The largest absolute Gasteiger partial charge is 0.490 e. The van der Waals surface area contributed by atoms with Crippen LogP contribution < -0.4 is 5.73 Å². The first-order valence-corrected chi connectivity index (χ1v) is 6.63. The normalized spacial score (nSPS) is 18.5. The molecular formula is C13H15F3N2O5. The fourth-order valence-corrected chi connectivity index (χ4v) is 1.71. The average Bonchev–Trinajstić information content (AvgIpc) is 3.11. The smallest absolute Gasteiger partial charge is 0.475 e. The second kappa shape index (κ2) is 6.90. The molecule has 0 aromatic heterocycles. The van der Waals surface area contributed by atoms with Gasteiger partial charge in [-0.25, -0.2) is 4.79 Å². The van der Waals surface area contributed by atoms with Gasteiger partial charge < -0.3 is 10.8 Å². The molecule has 2 rings (SSSR count). The van der Waals surface area contributed by atoms with Crippen molar-refractivity contribution in [2.45, 2.75) is 37.4 Å². The summed E-state index contributed by atoms with van der Waals surface area (Å²) in [4.78, 5) is 43.9. The second-order valence-corrected chi connectivity index (χ2v) is 5.15. The Bertz CT molecular complexity index is 534. The van der Waals surface area contributed by atoms with Gasteiger partial charge in [0.15, 0.2) is 5.78 Å². The molecule has 1 aliphatic carbocycles. The van der Waals surface area contributed by atoms with Gasteiger partial charge in [0, 0.05) is 25.1 Å². The number of carboxylic acid groups (broad SMARTS) is 1. The highest BCUT2D eigenvalue weighted by Gasteiger charge is 2.44. The van der Waals surface area contributed by atoms with Crippen LogP contribution >= 0.6 is 0 Å². The summed E-state index contributed by atoms with van der Waals surface area (Å²) in [5.41, 5.74) is 5.13. The topological polar surface area (TPSA) is 118 Å². The minimum absolute atomic E-state index is 0.0413. The third-order valence-corrected chi connectivity index (χ3v) is 3.27. The zero-order valence-electron chi connectivity index (χ0n) is 11.9. The number of hydrogen-bond donors (Lipinski definition) is 2. The molecule has 0 saturated heterocycles. The number of amides is 2. The number of carbonyl (C=O) groups is 4. The summed E-state index contributed by atoms with van der Waals surface area (Å²) in [5.74, 6) is -3.32. The van der Waals surface area contributed by atoms with Gasteiger partial charge in [-0.15, -0.1) is 0 Å². The van der Waals surface area contributed by atoms with Gasteiger partial charge in [-0.3, -0.25) is 19.3 Å². The fraction of sp³-hybridized carbons (Fsp3) is 0.538. The summed E-state index contributed by atoms with van der Waals surface area (Å²) >= 11 is 0.